The molecule has 0 bridgehead atoms. The highest BCUT2D eigenvalue weighted by atomic mass is 16.6. The van der Waals surface area contributed by atoms with Crippen LogP contribution in [0.5, 0.6) is 0 Å². The lowest BCUT2D eigenvalue weighted by Gasteiger charge is -2.19. The average Bonchev–Trinajstić information content (AvgIpc) is 2.61. The molecule has 1 atom stereocenters. The lowest BCUT2D eigenvalue weighted by molar-refractivity contribution is -0.385. The molecule has 1 unspecified atom stereocenters. The Morgan fingerprint density at radius 3 is 2.56 bits per heavy atom. The summed E-state index contributed by atoms with van der Waals surface area (Å²) < 4.78 is 0. The number of rotatable bonds is 7. The highest BCUT2D eigenvalue weighted by Crippen LogP contribution is 2.25. The fraction of sp³-hybridized carbons (Fsp3) is 0.278. The summed E-state index contributed by atoms with van der Waals surface area (Å²) in [6.07, 6.45) is 1.14. The Hall–Kier alpha value is -2.93. The highest BCUT2D eigenvalue weighted by molar-refractivity contribution is 5.91. The van der Waals surface area contributed by atoms with E-state index in [1.165, 1.54) is 12.1 Å². The molecule has 0 aliphatic rings. The first-order valence-electron chi connectivity index (χ1n) is 8.00. The number of aliphatic hydroxyl groups is 1. The number of carbonyl (C=O) groups is 1. The number of amides is 2. The van der Waals surface area contributed by atoms with Gasteiger partial charge in [0, 0.05) is 12.7 Å². The van der Waals surface area contributed by atoms with Crippen molar-refractivity contribution in [3.63, 3.8) is 0 Å². The molecule has 0 spiro atoms. The van der Waals surface area contributed by atoms with Gasteiger partial charge in [-0.05, 0) is 31.4 Å². The second kappa shape index (κ2) is 8.79. The summed E-state index contributed by atoms with van der Waals surface area (Å²) in [6, 6.07) is 13.3. The van der Waals surface area contributed by atoms with Gasteiger partial charge in [-0.15, -0.1) is 0 Å². The molecule has 132 valence electrons. The van der Waals surface area contributed by atoms with Crippen LogP contribution in [-0.2, 0) is 0 Å². The molecular weight excluding hydrogens is 322 g/mol. The maximum Gasteiger partial charge on any atom is 0.319 e. The lowest BCUT2D eigenvalue weighted by Crippen LogP contribution is -2.33. The van der Waals surface area contributed by atoms with Gasteiger partial charge in [0.25, 0.3) is 5.69 Å². The van der Waals surface area contributed by atoms with Gasteiger partial charge in [-0.25, -0.2) is 4.79 Å². The van der Waals surface area contributed by atoms with Crippen molar-refractivity contribution in [2.24, 2.45) is 0 Å². The van der Waals surface area contributed by atoms with Crippen molar-refractivity contribution in [1.29, 1.82) is 0 Å². The number of nitro benzene ring substituents is 1. The zero-order valence-corrected chi connectivity index (χ0v) is 13.9. The Morgan fingerprint density at radius 2 is 1.92 bits per heavy atom. The Labute approximate surface area is 145 Å². The van der Waals surface area contributed by atoms with E-state index in [0.717, 1.165) is 5.56 Å². The van der Waals surface area contributed by atoms with Crippen LogP contribution >= 0.6 is 0 Å². The van der Waals surface area contributed by atoms with Crippen molar-refractivity contribution >= 4 is 17.4 Å². The normalized spacial score (nSPS) is 11.6. The van der Waals surface area contributed by atoms with E-state index in [9.17, 15) is 14.9 Å². The minimum Gasteiger partial charge on any atom is -0.396 e. The molecule has 0 aromatic heterocycles. The third-order valence-electron chi connectivity index (χ3n) is 3.91. The Bertz CT molecular complexity index is 734. The van der Waals surface area contributed by atoms with E-state index in [2.05, 4.69) is 10.6 Å². The summed E-state index contributed by atoms with van der Waals surface area (Å²) in [7, 11) is 0. The van der Waals surface area contributed by atoms with Crippen LogP contribution in [0.2, 0.25) is 0 Å². The van der Waals surface area contributed by atoms with Crippen molar-refractivity contribution in [2.75, 3.05) is 11.9 Å². The number of carbonyl (C=O) groups excluding carboxylic acids is 1. The van der Waals surface area contributed by atoms with Crippen molar-refractivity contribution in [1.82, 2.24) is 5.32 Å². The van der Waals surface area contributed by atoms with Crippen LogP contribution < -0.4 is 10.6 Å². The number of urea groups is 1. The molecule has 0 radical (unpaired) electrons. The van der Waals surface area contributed by atoms with E-state index < -0.39 is 11.0 Å². The van der Waals surface area contributed by atoms with Crippen molar-refractivity contribution < 1.29 is 14.8 Å². The lowest BCUT2D eigenvalue weighted by atomic mass is 10.0. The van der Waals surface area contributed by atoms with Crippen molar-refractivity contribution in [3.05, 3.63) is 69.8 Å². The monoisotopic (exact) mass is 343 g/mol. The van der Waals surface area contributed by atoms with Gasteiger partial charge in [-0.1, -0.05) is 36.4 Å². The molecule has 3 N–H and O–H groups in total. The van der Waals surface area contributed by atoms with E-state index in [-0.39, 0.29) is 18.3 Å². The van der Waals surface area contributed by atoms with Crippen LogP contribution in [-0.4, -0.2) is 22.7 Å². The van der Waals surface area contributed by atoms with Crippen LogP contribution in [0.1, 0.15) is 30.0 Å². The van der Waals surface area contributed by atoms with Crippen LogP contribution in [0.25, 0.3) is 0 Å². The summed E-state index contributed by atoms with van der Waals surface area (Å²) in [4.78, 5) is 22.9. The molecule has 0 saturated heterocycles. The third-order valence-corrected chi connectivity index (χ3v) is 3.91. The molecule has 2 rings (SSSR count). The van der Waals surface area contributed by atoms with Crippen LogP contribution in [0.15, 0.2) is 48.5 Å². The predicted octanol–water partition coefficient (Wildman–Crippen LogP) is 3.54. The SMILES string of the molecule is Cc1c(NC(=O)NC(CCCO)c2ccccc2)cccc1[N+](=O)[O-]. The second-order valence-electron chi connectivity index (χ2n) is 5.63. The average molecular weight is 343 g/mol. The second-order valence-corrected chi connectivity index (χ2v) is 5.63. The summed E-state index contributed by atoms with van der Waals surface area (Å²) in [6.45, 7) is 1.63. The molecule has 0 fully saturated rings. The number of anilines is 1. The van der Waals surface area contributed by atoms with Gasteiger partial charge in [0.05, 0.1) is 22.2 Å². The molecule has 0 saturated carbocycles. The summed E-state index contributed by atoms with van der Waals surface area (Å²) in [5.41, 5.74) is 1.68. The summed E-state index contributed by atoms with van der Waals surface area (Å²) in [5.74, 6) is 0. The first-order chi connectivity index (χ1) is 12.0. The summed E-state index contributed by atoms with van der Waals surface area (Å²) >= 11 is 0. The minimum atomic E-state index is -0.480. The topological polar surface area (TPSA) is 104 Å². The number of aliphatic hydroxyl groups excluding tert-OH is 1. The van der Waals surface area contributed by atoms with Gasteiger partial charge in [0.1, 0.15) is 0 Å². The van der Waals surface area contributed by atoms with Gasteiger partial charge < -0.3 is 15.7 Å². The van der Waals surface area contributed by atoms with Crippen LogP contribution in [0.4, 0.5) is 16.2 Å². The van der Waals surface area contributed by atoms with Crippen LogP contribution in [0, 0.1) is 17.0 Å². The molecular formula is C18H21N3O4. The van der Waals surface area contributed by atoms with E-state index in [0.29, 0.717) is 24.1 Å². The molecule has 0 aliphatic carbocycles. The Morgan fingerprint density at radius 1 is 1.20 bits per heavy atom. The Balaban J connectivity index is 2.11. The number of hydrogen-bond donors (Lipinski definition) is 3. The van der Waals surface area contributed by atoms with Gasteiger partial charge in [0.2, 0.25) is 0 Å². The largest absolute Gasteiger partial charge is 0.396 e. The van der Waals surface area contributed by atoms with E-state index in [1.54, 1.807) is 13.0 Å². The van der Waals surface area contributed by atoms with Gasteiger partial charge in [0.15, 0.2) is 0 Å². The number of hydrogen-bond acceptors (Lipinski definition) is 4. The maximum absolute atomic E-state index is 12.3. The molecule has 7 heteroatoms. The third kappa shape index (κ3) is 5.02. The molecule has 0 heterocycles. The number of nitro groups is 1. The molecule has 25 heavy (non-hydrogen) atoms. The molecule has 2 aromatic rings. The van der Waals surface area contributed by atoms with Gasteiger partial charge in [-0.2, -0.15) is 0 Å². The first kappa shape index (κ1) is 18.4. The van der Waals surface area contributed by atoms with Gasteiger partial charge in [-0.3, -0.25) is 10.1 Å². The number of nitrogens with one attached hydrogen (secondary N) is 2. The highest BCUT2D eigenvalue weighted by Gasteiger charge is 2.17. The van der Waals surface area contributed by atoms with Crippen molar-refractivity contribution in [2.45, 2.75) is 25.8 Å². The quantitative estimate of drug-likeness (QED) is 0.528. The van der Waals surface area contributed by atoms with Crippen molar-refractivity contribution in [3.8, 4) is 0 Å². The molecule has 2 aromatic carbocycles. The number of nitrogens with zero attached hydrogens (tertiary/aromatic N) is 1. The fourth-order valence-corrected chi connectivity index (χ4v) is 2.58. The fourth-order valence-electron chi connectivity index (χ4n) is 2.58. The van der Waals surface area contributed by atoms with E-state index in [4.69, 9.17) is 5.11 Å². The van der Waals surface area contributed by atoms with Gasteiger partial charge >= 0.3 is 6.03 Å². The smallest absolute Gasteiger partial charge is 0.319 e. The standard InChI is InChI=1S/C18H21N3O4/c1-13-15(9-5-11-17(13)21(24)25)19-18(23)20-16(10-6-12-22)14-7-3-2-4-8-14/h2-5,7-9,11,16,22H,6,10,12H2,1H3,(H2,19,20,23). The van der Waals surface area contributed by atoms with Crippen LogP contribution in [0.3, 0.4) is 0 Å². The minimum absolute atomic E-state index is 0.0383. The first-order valence-corrected chi connectivity index (χ1v) is 8.00. The summed E-state index contributed by atoms with van der Waals surface area (Å²) in [5, 5.41) is 25.6. The molecule has 7 nitrogen and oxygen atoms in total. The predicted molar refractivity (Wildman–Crippen MR) is 95.5 cm³/mol. The zero-order chi connectivity index (χ0) is 18.2. The maximum atomic E-state index is 12.3. The van der Waals surface area contributed by atoms with E-state index in [1.807, 2.05) is 30.3 Å². The molecule has 0 aliphatic heterocycles. The zero-order valence-electron chi connectivity index (χ0n) is 13.9. The molecule has 2 amide bonds. The number of benzene rings is 2. The Kier molecular flexibility index (Phi) is 6.47. The van der Waals surface area contributed by atoms with E-state index >= 15 is 0 Å².